The van der Waals surface area contributed by atoms with Crippen LogP contribution in [0.5, 0.6) is 0 Å². The third-order valence-corrected chi connectivity index (χ3v) is 4.89. The van der Waals surface area contributed by atoms with Gasteiger partial charge in [0.1, 0.15) is 12.4 Å². The number of aryl methyl sites for hydroxylation is 1. The van der Waals surface area contributed by atoms with Gasteiger partial charge >= 0.3 is 0 Å². The number of nitrogens with zero attached hydrogens (tertiary/aromatic N) is 6. The SMILES string of the molecule is CCc1nsc(N2CCN(C(=NCC(=O)N(C)C)NCCOC)CC2)n1. The first-order valence-electron chi connectivity index (χ1n) is 8.85. The van der Waals surface area contributed by atoms with E-state index in [1.165, 1.54) is 11.5 Å². The van der Waals surface area contributed by atoms with Crippen LogP contribution in [0.25, 0.3) is 0 Å². The molecule has 0 unspecified atom stereocenters. The minimum atomic E-state index is -0.0179. The largest absolute Gasteiger partial charge is 0.383 e. The van der Waals surface area contributed by atoms with Crippen molar-refractivity contribution >= 4 is 28.5 Å². The summed E-state index contributed by atoms with van der Waals surface area (Å²) in [6.07, 6.45) is 0.858. The van der Waals surface area contributed by atoms with Crippen molar-refractivity contribution in [3.63, 3.8) is 0 Å². The predicted octanol–water partition coefficient (Wildman–Crippen LogP) is -0.0973. The fourth-order valence-corrected chi connectivity index (χ4v) is 3.24. The molecular weight excluding hydrogens is 354 g/mol. The lowest BCUT2D eigenvalue weighted by Crippen LogP contribution is -2.53. The molecule has 0 aliphatic carbocycles. The second-order valence-electron chi connectivity index (χ2n) is 6.17. The fourth-order valence-electron chi connectivity index (χ4n) is 2.44. The van der Waals surface area contributed by atoms with Crippen molar-refractivity contribution in [2.45, 2.75) is 13.3 Å². The van der Waals surface area contributed by atoms with Gasteiger partial charge in [-0.05, 0) is 0 Å². The van der Waals surface area contributed by atoms with Gasteiger partial charge in [-0.2, -0.15) is 4.37 Å². The Balaban J connectivity index is 1.95. The Morgan fingerprint density at radius 3 is 2.65 bits per heavy atom. The molecule has 9 nitrogen and oxygen atoms in total. The molecule has 1 N–H and O–H groups in total. The molecule has 0 bridgehead atoms. The number of carbonyl (C=O) groups excluding carboxylic acids is 1. The fraction of sp³-hybridized carbons (Fsp3) is 0.750. The summed E-state index contributed by atoms with van der Waals surface area (Å²) < 4.78 is 9.46. The number of aliphatic imine (C=N–C) groups is 1. The van der Waals surface area contributed by atoms with Crippen LogP contribution >= 0.6 is 11.5 Å². The van der Waals surface area contributed by atoms with Crippen molar-refractivity contribution in [1.29, 1.82) is 0 Å². The summed E-state index contributed by atoms with van der Waals surface area (Å²) in [6, 6.07) is 0. The Morgan fingerprint density at radius 1 is 1.35 bits per heavy atom. The third kappa shape index (κ3) is 5.80. The number of ether oxygens (including phenoxy) is 1. The van der Waals surface area contributed by atoms with Crippen LogP contribution in [-0.4, -0.2) is 98.1 Å². The zero-order valence-corrected chi connectivity index (χ0v) is 16.9. The van der Waals surface area contributed by atoms with Gasteiger partial charge in [0.25, 0.3) is 0 Å². The number of anilines is 1. The van der Waals surface area contributed by atoms with Gasteiger partial charge in [-0.1, -0.05) is 6.92 Å². The highest BCUT2D eigenvalue weighted by molar-refractivity contribution is 7.09. The maximum atomic E-state index is 11.9. The molecule has 0 radical (unpaired) electrons. The minimum absolute atomic E-state index is 0.0179. The van der Waals surface area contributed by atoms with Gasteiger partial charge in [0.2, 0.25) is 11.0 Å². The number of nitrogens with one attached hydrogen (secondary N) is 1. The Labute approximate surface area is 159 Å². The number of rotatable bonds is 7. The number of amides is 1. The molecule has 1 aliphatic rings. The van der Waals surface area contributed by atoms with E-state index in [-0.39, 0.29) is 12.5 Å². The van der Waals surface area contributed by atoms with Crippen molar-refractivity contribution < 1.29 is 9.53 Å². The number of piperazine rings is 1. The molecule has 0 saturated carbocycles. The molecule has 2 rings (SSSR count). The molecule has 146 valence electrons. The van der Waals surface area contributed by atoms with Crippen LogP contribution in [0.15, 0.2) is 4.99 Å². The summed E-state index contributed by atoms with van der Waals surface area (Å²) in [5.74, 6) is 1.64. The average molecular weight is 384 g/mol. The first-order valence-corrected chi connectivity index (χ1v) is 9.62. The number of carbonyl (C=O) groups is 1. The summed E-state index contributed by atoms with van der Waals surface area (Å²) in [4.78, 5) is 26.9. The Morgan fingerprint density at radius 2 is 2.08 bits per heavy atom. The van der Waals surface area contributed by atoms with Gasteiger partial charge in [0, 0.05) is 71.9 Å². The molecule has 10 heteroatoms. The summed E-state index contributed by atoms with van der Waals surface area (Å²) in [6.45, 7) is 6.78. The van der Waals surface area contributed by atoms with Gasteiger partial charge in [-0.3, -0.25) is 4.79 Å². The molecule has 1 fully saturated rings. The normalized spacial score (nSPS) is 15.3. The van der Waals surface area contributed by atoms with E-state index in [0.717, 1.165) is 49.5 Å². The molecule has 26 heavy (non-hydrogen) atoms. The molecule has 1 aromatic rings. The van der Waals surface area contributed by atoms with E-state index in [9.17, 15) is 4.79 Å². The van der Waals surface area contributed by atoms with E-state index in [1.807, 2.05) is 0 Å². The van der Waals surface area contributed by atoms with Crippen molar-refractivity contribution in [2.24, 2.45) is 4.99 Å². The second-order valence-corrected chi connectivity index (χ2v) is 6.90. The average Bonchev–Trinajstić information content (AvgIpc) is 3.13. The van der Waals surface area contributed by atoms with Crippen molar-refractivity contribution in [3.05, 3.63) is 5.82 Å². The van der Waals surface area contributed by atoms with Gasteiger partial charge < -0.3 is 24.8 Å². The molecule has 2 heterocycles. The topological polar surface area (TPSA) is 86.2 Å². The summed E-state index contributed by atoms with van der Waals surface area (Å²) in [5.41, 5.74) is 0. The van der Waals surface area contributed by atoms with Crippen molar-refractivity contribution in [1.82, 2.24) is 24.5 Å². The zero-order chi connectivity index (χ0) is 18.9. The van der Waals surface area contributed by atoms with Crippen LogP contribution in [0.4, 0.5) is 5.13 Å². The number of methoxy groups -OCH3 is 1. The number of guanidine groups is 1. The van der Waals surface area contributed by atoms with Crippen molar-refractivity contribution in [3.8, 4) is 0 Å². The van der Waals surface area contributed by atoms with Gasteiger partial charge in [-0.25, -0.2) is 9.98 Å². The van der Waals surface area contributed by atoms with Crippen LogP contribution in [0, 0.1) is 0 Å². The molecule has 0 atom stereocenters. The maximum Gasteiger partial charge on any atom is 0.243 e. The molecule has 1 amide bonds. The van der Waals surface area contributed by atoms with Crippen LogP contribution in [0.1, 0.15) is 12.7 Å². The highest BCUT2D eigenvalue weighted by atomic mass is 32.1. The molecule has 1 aliphatic heterocycles. The first kappa shape index (κ1) is 20.4. The second kappa shape index (κ2) is 10.3. The van der Waals surface area contributed by atoms with E-state index >= 15 is 0 Å². The van der Waals surface area contributed by atoms with Gasteiger partial charge in [0.05, 0.1) is 6.61 Å². The number of hydrogen-bond donors (Lipinski definition) is 1. The number of hydrogen-bond acceptors (Lipinski definition) is 7. The third-order valence-electron chi connectivity index (χ3n) is 4.08. The lowest BCUT2D eigenvalue weighted by molar-refractivity contribution is -0.127. The van der Waals surface area contributed by atoms with E-state index in [0.29, 0.717) is 13.2 Å². The quantitative estimate of drug-likeness (QED) is 0.400. The standard InChI is InChI=1S/C16H29N7O2S/c1-5-13-19-16(26-20-13)23-9-7-22(8-10-23)15(17-6-11-25-4)18-12-14(24)21(2)3/h5-12H2,1-4H3,(H,17,18). The predicted molar refractivity (Wildman–Crippen MR) is 104 cm³/mol. The number of aromatic nitrogens is 2. The minimum Gasteiger partial charge on any atom is -0.383 e. The van der Waals surface area contributed by atoms with Gasteiger partial charge in [0.15, 0.2) is 5.96 Å². The molecule has 0 spiro atoms. The van der Waals surface area contributed by atoms with E-state index in [4.69, 9.17) is 4.74 Å². The monoisotopic (exact) mass is 383 g/mol. The van der Waals surface area contributed by atoms with Crippen molar-refractivity contribution in [2.75, 3.05) is 72.0 Å². The number of likely N-dealkylation sites (N-methyl/N-ethyl adjacent to an activating group) is 1. The molecular formula is C16H29N7O2S. The first-order chi connectivity index (χ1) is 12.5. The summed E-state index contributed by atoms with van der Waals surface area (Å²) in [5, 5.41) is 4.27. The van der Waals surface area contributed by atoms with Gasteiger partial charge in [-0.15, -0.1) is 0 Å². The smallest absolute Gasteiger partial charge is 0.243 e. The van der Waals surface area contributed by atoms with E-state index < -0.39 is 0 Å². The Bertz CT molecular complexity index is 597. The molecule has 1 saturated heterocycles. The van der Waals surface area contributed by atoms with Crippen LogP contribution < -0.4 is 10.2 Å². The molecule has 1 aromatic heterocycles. The van der Waals surface area contributed by atoms with E-state index in [2.05, 4.69) is 36.4 Å². The van der Waals surface area contributed by atoms with Crippen LogP contribution in [-0.2, 0) is 16.0 Å². The highest BCUT2D eigenvalue weighted by Crippen LogP contribution is 2.19. The summed E-state index contributed by atoms with van der Waals surface area (Å²) >= 11 is 1.46. The van der Waals surface area contributed by atoms with Crippen LogP contribution in [0.3, 0.4) is 0 Å². The summed E-state index contributed by atoms with van der Waals surface area (Å²) in [7, 11) is 5.14. The lowest BCUT2D eigenvalue weighted by atomic mass is 10.3. The molecule has 0 aromatic carbocycles. The van der Waals surface area contributed by atoms with E-state index in [1.54, 1.807) is 26.1 Å². The zero-order valence-electron chi connectivity index (χ0n) is 16.1. The maximum absolute atomic E-state index is 11.9. The Kier molecular flexibility index (Phi) is 8.05. The highest BCUT2D eigenvalue weighted by Gasteiger charge is 2.22. The van der Waals surface area contributed by atoms with Crippen LogP contribution in [0.2, 0.25) is 0 Å². The Hall–Kier alpha value is -1.94. The lowest BCUT2D eigenvalue weighted by Gasteiger charge is -2.36.